The lowest BCUT2D eigenvalue weighted by Gasteiger charge is -2.41. The van der Waals surface area contributed by atoms with E-state index in [2.05, 4.69) is 45.9 Å². The number of benzene rings is 2. The van der Waals surface area contributed by atoms with Crippen molar-refractivity contribution in [3.63, 3.8) is 0 Å². The molecule has 1 unspecified atom stereocenters. The van der Waals surface area contributed by atoms with Gasteiger partial charge in [-0.3, -0.25) is 9.69 Å². The molecule has 2 spiro atoms. The van der Waals surface area contributed by atoms with Gasteiger partial charge in [0.25, 0.3) is 5.91 Å². The first-order valence-corrected chi connectivity index (χ1v) is 10.2. The zero-order valence-corrected chi connectivity index (χ0v) is 16.5. The van der Waals surface area contributed by atoms with E-state index in [1.165, 1.54) is 5.56 Å². The summed E-state index contributed by atoms with van der Waals surface area (Å²) in [7, 11) is 0. The van der Waals surface area contributed by atoms with Crippen LogP contribution in [0.1, 0.15) is 35.2 Å². The number of halogens is 1. The van der Waals surface area contributed by atoms with Crippen LogP contribution in [0.2, 0.25) is 5.02 Å². The molecule has 1 atom stereocenters. The molecule has 5 nitrogen and oxygen atoms in total. The number of piperidine rings is 1. The van der Waals surface area contributed by atoms with Gasteiger partial charge in [-0.05, 0) is 36.6 Å². The van der Waals surface area contributed by atoms with Gasteiger partial charge in [0.1, 0.15) is 5.66 Å². The third-order valence-corrected chi connectivity index (χ3v) is 6.45. The molecule has 0 radical (unpaired) electrons. The van der Waals surface area contributed by atoms with Crippen LogP contribution in [-0.4, -0.2) is 41.8 Å². The molecule has 0 aromatic heterocycles. The van der Waals surface area contributed by atoms with E-state index in [4.69, 9.17) is 16.3 Å². The number of rotatable bonds is 2. The van der Waals surface area contributed by atoms with E-state index >= 15 is 0 Å². The van der Waals surface area contributed by atoms with Gasteiger partial charge in [-0.15, -0.1) is 0 Å². The molecule has 3 heterocycles. The first kappa shape index (κ1) is 18.0. The maximum atomic E-state index is 12.7. The standard InChI is InChI=1S/C22H24ClN3O2/c23-17-6-7-19-18(12-17)20(27)25-22(24-19)14-21(28-15-22)8-10-26(11-9-21)13-16-4-2-1-3-5-16/h1-7,12,24H,8-11,13-15H2,(H,25,27). The summed E-state index contributed by atoms with van der Waals surface area (Å²) in [4.78, 5) is 15.1. The topological polar surface area (TPSA) is 53.6 Å². The molecule has 2 aromatic carbocycles. The Morgan fingerprint density at radius 3 is 2.64 bits per heavy atom. The molecule has 2 fully saturated rings. The average Bonchev–Trinajstić information content (AvgIpc) is 3.03. The minimum Gasteiger partial charge on any atom is -0.370 e. The van der Waals surface area contributed by atoms with Gasteiger partial charge < -0.3 is 15.4 Å². The second-order valence-corrected chi connectivity index (χ2v) is 8.70. The van der Waals surface area contributed by atoms with E-state index in [1.54, 1.807) is 6.07 Å². The molecule has 5 rings (SSSR count). The zero-order chi connectivity index (χ0) is 19.2. The summed E-state index contributed by atoms with van der Waals surface area (Å²) in [6, 6.07) is 16.0. The summed E-state index contributed by atoms with van der Waals surface area (Å²) in [6.45, 7) is 3.47. The molecular formula is C22H24ClN3O2. The van der Waals surface area contributed by atoms with E-state index in [9.17, 15) is 4.79 Å². The van der Waals surface area contributed by atoms with E-state index in [0.717, 1.165) is 44.6 Å². The van der Waals surface area contributed by atoms with Crippen molar-refractivity contribution >= 4 is 23.2 Å². The Morgan fingerprint density at radius 2 is 1.86 bits per heavy atom. The van der Waals surface area contributed by atoms with Crippen molar-refractivity contribution < 1.29 is 9.53 Å². The van der Waals surface area contributed by atoms with Gasteiger partial charge in [-0.25, -0.2) is 0 Å². The largest absolute Gasteiger partial charge is 0.370 e. The fraction of sp³-hybridized carbons (Fsp3) is 0.409. The Balaban J connectivity index is 1.26. The second kappa shape index (κ2) is 6.76. The van der Waals surface area contributed by atoms with Crippen molar-refractivity contribution in [2.24, 2.45) is 0 Å². The van der Waals surface area contributed by atoms with Gasteiger partial charge in [-0.2, -0.15) is 0 Å². The molecule has 2 N–H and O–H groups in total. The van der Waals surface area contributed by atoms with Crippen molar-refractivity contribution in [2.45, 2.75) is 37.1 Å². The number of nitrogens with zero attached hydrogens (tertiary/aromatic N) is 1. The number of likely N-dealkylation sites (tertiary alicyclic amines) is 1. The Morgan fingerprint density at radius 1 is 1.07 bits per heavy atom. The van der Waals surface area contributed by atoms with E-state index in [0.29, 0.717) is 17.2 Å². The third kappa shape index (κ3) is 3.28. The fourth-order valence-electron chi connectivity index (χ4n) is 4.76. The monoisotopic (exact) mass is 397 g/mol. The van der Waals surface area contributed by atoms with Crippen LogP contribution in [0.5, 0.6) is 0 Å². The Kier molecular flexibility index (Phi) is 4.34. The molecule has 2 saturated heterocycles. The maximum Gasteiger partial charge on any atom is 0.255 e. The number of carbonyl (C=O) groups excluding carboxylic acids is 1. The smallest absolute Gasteiger partial charge is 0.255 e. The predicted molar refractivity (Wildman–Crippen MR) is 110 cm³/mol. The molecule has 146 valence electrons. The molecule has 0 saturated carbocycles. The summed E-state index contributed by atoms with van der Waals surface area (Å²) in [5.41, 5.74) is 2.07. The minimum absolute atomic E-state index is 0.0848. The van der Waals surface area contributed by atoms with Crippen LogP contribution < -0.4 is 10.6 Å². The van der Waals surface area contributed by atoms with Crippen molar-refractivity contribution in [3.8, 4) is 0 Å². The van der Waals surface area contributed by atoms with Crippen molar-refractivity contribution in [1.29, 1.82) is 0 Å². The van der Waals surface area contributed by atoms with Gasteiger partial charge in [-0.1, -0.05) is 41.9 Å². The first-order valence-electron chi connectivity index (χ1n) is 9.85. The summed E-state index contributed by atoms with van der Waals surface area (Å²) in [5.74, 6) is -0.0848. The van der Waals surface area contributed by atoms with Crippen LogP contribution in [-0.2, 0) is 11.3 Å². The zero-order valence-electron chi connectivity index (χ0n) is 15.7. The van der Waals surface area contributed by atoms with Crippen LogP contribution in [0.15, 0.2) is 48.5 Å². The summed E-state index contributed by atoms with van der Waals surface area (Å²) in [6.07, 6.45) is 2.74. The highest BCUT2D eigenvalue weighted by molar-refractivity contribution is 6.31. The molecule has 3 aliphatic heterocycles. The number of ether oxygens (including phenoxy) is 1. The number of carbonyl (C=O) groups is 1. The molecule has 2 aromatic rings. The van der Waals surface area contributed by atoms with E-state index < -0.39 is 5.66 Å². The normalized spacial score (nSPS) is 26.1. The van der Waals surface area contributed by atoms with Gasteiger partial charge in [0, 0.05) is 36.8 Å². The fourth-order valence-corrected chi connectivity index (χ4v) is 4.93. The lowest BCUT2D eigenvalue weighted by Crippen LogP contribution is -2.59. The third-order valence-electron chi connectivity index (χ3n) is 6.22. The summed E-state index contributed by atoms with van der Waals surface area (Å²) < 4.78 is 6.33. The number of anilines is 1. The maximum absolute atomic E-state index is 12.7. The Hall–Kier alpha value is -2.08. The predicted octanol–water partition coefficient (Wildman–Crippen LogP) is 3.65. The van der Waals surface area contributed by atoms with Crippen molar-refractivity contribution in [1.82, 2.24) is 10.2 Å². The molecule has 0 bridgehead atoms. The molecule has 28 heavy (non-hydrogen) atoms. The lowest BCUT2D eigenvalue weighted by molar-refractivity contribution is -0.0452. The van der Waals surface area contributed by atoms with Gasteiger partial charge >= 0.3 is 0 Å². The van der Waals surface area contributed by atoms with Crippen LogP contribution in [0.3, 0.4) is 0 Å². The van der Waals surface area contributed by atoms with E-state index in [-0.39, 0.29) is 11.5 Å². The number of hydrogen-bond donors (Lipinski definition) is 2. The number of fused-ring (bicyclic) bond motifs is 1. The van der Waals surface area contributed by atoms with Crippen molar-refractivity contribution in [2.75, 3.05) is 25.0 Å². The average molecular weight is 398 g/mol. The molecule has 0 aliphatic carbocycles. The Labute approximate surface area is 170 Å². The summed E-state index contributed by atoms with van der Waals surface area (Å²) >= 11 is 6.04. The SMILES string of the molecule is O=C1NC2(COC3(CCN(Cc4ccccc4)CC3)C2)Nc2ccc(Cl)cc21. The van der Waals surface area contributed by atoms with E-state index in [1.807, 2.05) is 12.1 Å². The van der Waals surface area contributed by atoms with Crippen molar-refractivity contribution in [3.05, 3.63) is 64.7 Å². The molecule has 3 aliphatic rings. The number of hydrogen-bond acceptors (Lipinski definition) is 4. The first-order chi connectivity index (χ1) is 13.5. The molecule has 1 amide bonds. The van der Waals surface area contributed by atoms with Crippen LogP contribution >= 0.6 is 11.6 Å². The highest BCUT2D eigenvalue weighted by Crippen LogP contribution is 2.43. The quantitative estimate of drug-likeness (QED) is 0.812. The highest BCUT2D eigenvalue weighted by Gasteiger charge is 2.53. The van der Waals surface area contributed by atoms with Gasteiger partial charge in [0.2, 0.25) is 0 Å². The molecule has 6 heteroatoms. The minimum atomic E-state index is -0.528. The highest BCUT2D eigenvalue weighted by atomic mass is 35.5. The Bertz CT molecular complexity index is 896. The number of amides is 1. The summed E-state index contributed by atoms with van der Waals surface area (Å²) in [5, 5.41) is 7.24. The van der Waals surface area contributed by atoms with Gasteiger partial charge in [0.05, 0.1) is 17.8 Å². The lowest BCUT2D eigenvalue weighted by atomic mass is 9.84. The number of nitrogens with one attached hydrogen (secondary N) is 2. The van der Waals surface area contributed by atoms with Crippen LogP contribution in [0, 0.1) is 0 Å². The second-order valence-electron chi connectivity index (χ2n) is 8.26. The van der Waals surface area contributed by atoms with Gasteiger partial charge in [0.15, 0.2) is 0 Å². The van der Waals surface area contributed by atoms with Crippen LogP contribution in [0.25, 0.3) is 0 Å². The van der Waals surface area contributed by atoms with Crippen LogP contribution in [0.4, 0.5) is 5.69 Å². The molecular weight excluding hydrogens is 374 g/mol.